The summed E-state index contributed by atoms with van der Waals surface area (Å²) in [5.74, 6) is 0.709. The molecule has 1 fully saturated rings. The molecule has 4 heterocycles. The Labute approximate surface area is 216 Å². The van der Waals surface area contributed by atoms with Crippen LogP contribution < -0.4 is 10.1 Å². The molecule has 1 aromatic carbocycles. The minimum atomic E-state index is -3.43. The molecular formula is C27H27N5O4S. The molecule has 0 saturated carbocycles. The number of benzene rings is 1. The third-order valence-electron chi connectivity index (χ3n) is 6.23. The lowest BCUT2D eigenvalue weighted by atomic mass is 10.1. The van der Waals surface area contributed by atoms with E-state index in [2.05, 4.69) is 20.1 Å². The van der Waals surface area contributed by atoms with Crippen LogP contribution in [0.4, 0.5) is 22.9 Å². The summed E-state index contributed by atoms with van der Waals surface area (Å²) in [6, 6.07) is 12.3. The van der Waals surface area contributed by atoms with Gasteiger partial charge in [-0.05, 0) is 37.3 Å². The molecule has 0 bridgehead atoms. The molecule has 9 nitrogen and oxygen atoms in total. The first-order valence-electron chi connectivity index (χ1n) is 12.0. The van der Waals surface area contributed by atoms with Crippen LogP contribution in [0, 0.1) is 6.57 Å². The van der Waals surface area contributed by atoms with E-state index in [0.29, 0.717) is 54.6 Å². The van der Waals surface area contributed by atoms with Crippen molar-refractivity contribution in [3.05, 3.63) is 71.0 Å². The van der Waals surface area contributed by atoms with E-state index in [4.69, 9.17) is 21.0 Å². The molecule has 2 aromatic heterocycles. The zero-order chi connectivity index (χ0) is 26.0. The smallest absolute Gasteiger partial charge is 0.312 e. The van der Waals surface area contributed by atoms with Crippen LogP contribution in [0.3, 0.4) is 0 Å². The molecule has 0 unspecified atom stereocenters. The number of fused-ring (bicyclic) bond motifs is 1. The van der Waals surface area contributed by atoms with E-state index in [0.717, 1.165) is 29.9 Å². The van der Waals surface area contributed by atoms with Crippen LogP contribution >= 0.6 is 0 Å². The van der Waals surface area contributed by atoms with E-state index in [1.165, 1.54) is 6.26 Å². The predicted molar refractivity (Wildman–Crippen MR) is 141 cm³/mol. The van der Waals surface area contributed by atoms with E-state index in [-0.39, 0.29) is 16.8 Å². The minimum Gasteiger partial charge on any atom is -0.499 e. The van der Waals surface area contributed by atoms with E-state index >= 15 is 0 Å². The lowest BCUT2D eigenvalue weighted by molar-refractivity contribution is 0.0258. The molecule has 2 aliphatic heterocycles. The van der Waals surface area contributed by atoms with Crippen molar-refractivity contribution in [2.45, 2.75) is 43.6 Å². The molecular weight excluding hydrogens is 490 g/mol. The van der Waals surface area contributed by atoms with Crippen molar-refractivity contribution >= 4 is 38.4 Å². The van der Waals surface area contributed by atoms with Gasteiger partial charge in [-0.2, -0.15) is 0 Å². The Morgan fingerprint density at radius 2 is 1.89 bits per heavy atom. The molecule has 0 radical (unpaired) electrons. The van der Waals surface area contributed by atoms with Crippen LogP contribution in [0.5, 0.6) is 5.75 Å². The highest BCUT2D eigenvalue weighted by Gasteiger charge is 2.22. The second-order valence-electron chi connectivity index (χ2n) is 9.22. The fourth-order valence-electron chi connectivity index (χ4n) is 4.50. The Morgan fingerprint density at radius 3 is 2.65 bits per heavy atom. The number of nitrogens with one attached hydrogen (secondary N) is 1. The molecule has 2 aliphatic rings. The third-order valence-corrected chi connectivity index (χ3v) is 7.38. The average molecular weight is 518 g/mol. The molecule has 5 rings (SSSR count). The number of rotatable bonds is 7. The summed E-state index contributed by atoms with van der Waals surface area (Å²) in [4.78, 5) is 17.8. The van der Waals surface area contributed by atoms with Gasteiger partial charge in [0.05, 0.1) is 47.3 Å². The number of sulfone groups is 1. The predicted octanol–water partition coefficient (Wildman–Crippen LogP) is 4.97. The first-order valence-corrected chi connectivity index (χ1v) is 13.9. The first-order chi connectivity index (χ1) is 17.8. The lowest BCUT2D eigenvalue weighted by Crippen LogP contribution is -2.25. The number of anilines is 2. The number of hydrogen-bond donors (Lipinski definition) is 1. The Bertz CT molecular complexity index is 1520. The topological polar surface area (TPSA) is 107 Å². The van der Waals surface area contributed by atoms with E-state index in [9.17, 15) is 8.42 Å². The summed E-state index contributed by atoms with van der Waals surface area (Å²) < 4.78 is 36.1. The maximum absolute atomic E-state index is 12.3. The summed E-state index contributed by atoms with van der Waals surface area (Å²) in [5, 5.41) is 3.28. The second-order valence-corrected chi connectivity index (χ2v) is 11.2. The summed E-state index contributed by atoms with van der Waals surface area (Å²) in [7, 11) is -3.43. The highest BCUT2D eigenvalue weighted by molar-refractivity contribution is 7.90. The first kappa shape index (κ1) is 24.9. The Morgan fingerprint density at radius 1 is 1.11 bits per heavy atom. The van der Waals surface area contributed by atoms with Crippen LogP contribution in [0.1, 0.15) is 36.8 Å². The van der Waals surface area contributed by atoms with Gasteiger partial charge in [0.1, 0.15) is 23.2 Å². The second kappa shape index (κ2) is 10.3. The van der Waals surface area contributed by atoms with E-state index in [1.54, 1.807) is 30.3 Å². The fraction of sp³-hybridized carbons (Fsp3) is 0.333. The molecule has 0 spiro atoms. The monoisotopic (exact) mass is 517 g/mol. The van der Waals surface area contributed by atoms with Gasteiger partial charge < -0.3 is 19.6 Å². The highest BCUT2D eigenvalue weighted by Crippen LogP contribution is 2.38. The molecule has 190 valence electrons. The number of pyridine rings is 2. The summed E-state index contributed by atoms with van der Waals surface area (Å²) in [6.45, 7) is 10.8. The Balaban J connectivity index is 1.44. The largest absolute Gasteiger partial charge is 0.499 e. The van der Waals surface area contributed by atoms with Crippen molar-refractivity contribution in [2.24, 2.45) is 4.99 Å². The van der Waals surface area contributed by atoms with Gasteiger partial charge in [0, 0.05) is 31.2 Å². The fourth-order valence-corrected chi connectivity index (χ4v) is 5.34. The third kappa shape index (κ3) is 5.63. The highest BCUT2D eigenvalue weighted by atomic mass is 32.2. The van der Waals surface area contributed by atoms with E-state index in [1.807, 2.05) is 19.1 Å². The van der Waals surface area contributed by atoms with Crippen LogP contribution in [-0.4, -0.2) is 49.7 Å². The zero-order valence-corrected chi connectivity index (χ0v) is 21.5. The van der Waals surface area contributed by atoms with Gasteiger partial charge >= 0.3 is 5.82 Å². The molecule has 1 N–H and O–H groups in total. The number of aliphatic imine (C=N–C) groups is 1. The number of para-hydroxylation sites is 1. The van der Waals surface area contributed by atoms with Gasteiger partial charge in [0.2, 0.25) is 0 Å². The van der Waals surface area contributed by atoms with Crippen molar-refractivity contribution in [1.29, 1.82) is 0 Å². The van der Waals surface area contributed by atoms with Crippen LogP contribution in [-0.2, 0) is 27.4 Å². The number of hydrogen-bond acceptors (Lipinski definition) is 8. The maximum atomic E-state index is 12.3. The summed E-state index contributed by atoms with van der Waals surface area (Å²) in [6.07, 6.45) is 3.80. The van der Waals surface area contributed by atoms with Gasteiger partial charge in [0.25, 0.3) is 0 Å². The van der Waals surface area contributed by atoms with Crippen molar-refractivity contribution in [3.8, 4) is 5.75 Å². The van der Waals surface area contributed by atoms with Gasteiger partial charge in [-0.15, -0.1) is 4.98 Å². The van der Waals surface area contributed by atoms with E-state index < -0.39 is 9.84 Å². The molecule has 1 saturated heterocycles. The quantitative estimate of drug-likeness (QED) is 0.441. The molecule has 3 aromatic rings. The minimum absolute atomic E-state index is 0.0203. The summed E-state index contributed by atoms with van der Waals surface area (Å²) >= 11 is 0. The summed E-state index contributed by atoms with van der Waals surface area (Å²) in [5.41, 5.74) is 5.05. The Hall–Kier alpha value is -3.81. The van der Waals surface area contributed by atoms with Gasteiger partial charge in [0.15, 0.2) is 9.84 Å². The molecule has 0 atom stereocenters. The van der Waals surface area contributed by atoms with Crippen LogP contribution in [0.2, 0.25) is 0 Å². The SMILES string of the molecule is [C-]#[N+]c1nc(Cc2cc(Nc3ccccc3S(C)(=O)=O)c3c(n2)CC(C)=N3)ccc1OC1CCOCC1. The van der Waals surface area contributed by atoms with Crippen LogP contribution in [0.25, 0.3) is 4.85 Å². The Kier molecular flexibility index (Phi) is 6.91. The van der Waals surface area contributed by atoms with Crippen molar-refractivity contribution in [1.82, 2.24) is 9.97 Å². The molecule has 0 aliphatic carbocycles. The molecule has 0 amide bonds. The average Bonchev–Trinajstić information content (AvgIpc) is 3.25. The van der Waals surface area contributed by atoms with Gasteiger partial charge in [-0.1, -0.05) is 18.7 Å². The number of nitrogens with zero attached hydrogens (tertiary/aromatic N) is 4. The van der Waals surface area contributed by atoms with Crippen molar-refractivity contribution in [2.75, 3.05) is 24.8 Å². The number of aromatic nitrogens is 2. The zero-order valence-electron chi connectivity index (χ0n) is 20.7. The van der Waals surface area contributed by atoms with Crippen molar-refractivity contribution in [3.63, 3.8) is 0 Å². The lowest BCUT2D eigenvalue weighted by Gasteiger charge is -2.23. The van der Waals surface area contributed by atoms with Crippen LogP contribution in [0.15, 0.2) is 52.4 Å². The molecule has 10 heteroatoms. The molecule has 37 heavy (non-hydrogen) atoms. The maximum Gasteiger partial charge on any atom is 0.312 e. The van der Waals surface area contributed by atoms with Gasteiger partial charge in [-0.25, -0.2) is 8.42 Å². The standard InChI is InChI=1S/C27H27N5O4S/c1-17-14-22-26(29-17)23(32-21-6-4-5-7-25(21)37(3,33)34)16-19(30-22)15-18-8-9-24(27(28-2)31-18)36-20-10-12-35-13-11-20/h4-9,16,20H,10-15H2,1,3H3,(H,30,32). The van der Waals surface area contributed by atoms with Gasteiger partial charge in [-0.3, -0.25) is 9.98 Å². The van der Waals surface area contributed by atoms with Crippen molar-refractivity contribution < 1.29 is 17.9 Å². The normalized spacial score (nSPS) is 15.5. The number of ether oxygens (including phenoxy) is 2.